The molecule has 0 saturated carbocycles. The first kappa shape index (κ1) is 20.7. The molecule has 1 amide bonds. The van der Waals surface area contributed by atoms with Gasteiger partial charge in [0.15, 0.2) is 11.6 Å². The first-order valence-electron chi connectivity index (χ1n) is 10.1. The average Bonchev–Trinajstić information content (AvgIpc) is 2.76. The topological polar surface area (TPSA) is 26.8 Å². The van der Waals surface area contributed by atoms with E-state index in [4.69, 9.17) is 0 Å². The molecule has 2 fully saturated rings. The molecule has 2 heterocycles. The third kappa shape index (κ3) is 4.28. The highest BCUT2D eigenvalue weighted by atomic mass is 19.2. The lowest BCUT2D eigenvalue weighted by Gasteiger charge is -2.44. The zero-order chi connectivity index (χ0) is 21.3. The van der Waals surface area contributed by atoms with Crippen molar-refractivity contribution in [2.24, 2.45) is 0 Å². The molecule has 1 atom stereocenters. The van der Waals surface area contributed by atoms with Crippen molar-refractivity contribution in [3.8, 4) is 0 Å². The largest absolute Gasteiger partial charge is 0.369 e. The molecule has 0 bridgehead atoms. The van der Waals surface area contributed by atoms with Crippen LogP contribution in [0, 0.1) is 23.3 Å². The van der Waals surface area contributed by atoms with Crippen molar-refractivity contribution in [3.63, 3.8) is 0 Å². The van der Waals surface area contributed by atoms with Gasteiger partial charge in [0, 0.05) is 57.1 Å². The second-order valence-electron chi connectivity index (χ2n) is 7.79. The number of rotatable bonds is 3. The predicted molar refractivity (Wildman–Crippen MR) is 105 cm³/mol. The van der Waals surface area contributed by atoms with Gasteiger partial charge in [-0.25, -0.2) is 17.6 Å². The fraction of sp³-hybridized carbons (Fsp3) is 0.409. The minimum absolute atomic E-state index is 0.131. The van der Waals surface area contributed by atoms with Gasteiger partial charge in [-0.05, 0) is 43.2 Å². The molecule has 0 spiro atoms. The van der Waals surface area contributed by atoms with E-state index in [1.54, 1.807) is 12.1 Å². The number of benzene rings is 2. The van der Waals surface area contributed by atoms with E-state index in [-0.39, 0.29) is 11.9 Å². The summed E-state index contributed by atoms with van der Waals surface area (Å²) in [4.78, 5) is 18.7. The Kier molecular flexibility index (Phi) is 5.94. The number of likely N-dealkylation sites (tertiary alicyclic amines) is 1. The molecule has 30 heavy (non-hydrogen) atoms. The van der Waals surface area contributed by atoms with Crippen LogP contribution in [0.2, 0.25) is 0 Å². The second kappa shape index (κ2) is 8.63. The van der Waals surface area contributed by atoms with Crippen LogP contribution in [0.4, 0.5) is 23.2 Å². The normalized spacial score (nSPS) is 20.5. The summed E-state index contributed by atoms with van der Waals surface area (Å²) in [5.41, 5.74) is 0.543. The van der Waals surface area contributed by atoms with Gasteiger partial charge in [-0.1, -0.05) is 0 Å². The molecule has 0 aromatic heterocycles. The lowest BCUT2D eigenvalue weighted by atomic mass is 10.0. The standard InChI is InChI=1S/C22H23F4N3O/c23-15-3-5-16(6-4-15)27-8-10-28(11-9-27)17-2-1-7-29(14-17)22(30)18-12-20(25)21(26)13-19(18)24/h3-6,12-13,17H,1-2,7-11,14H2/t17-/m1/s1. The number of carbonyl (C=O) groups is 1. The Hall–Kier alpha value is -2.61. The lowest BCUT2D eigenvalue weighted by Crippen LogP contribution is -2.56. The highest BCUT2D eigenvalue weighted by Gasteiger charge is 2.31. The average molecular weight is 421 g/mol. The van der Waals surface area contributed by atoms with Gasteiger partial charge in [0.2, 0.25) is 0 Å². The number of hydrogen-bond acceptors (Lipinski definition) is 3. The van der Waals surface area contributed by atoms with Gasteiger partial charge in [0.25, 0.3) is 5.91 Å². The van der Waals surface area contributed by atoms with Crippen LogP contribution in [0.3, 0.4) is 0 Å². The predicted octanol–water partition coefficient (Wildman–Crippen LogP) is 3.67. The Morgan fingerprint density at radius 2 is 1.50 bits per heavy atom. The van der Waals surface area contributed by atoms with E-state index < -0.39 is 28.9 Å². The van der Waals surface area contributed by atoms with Crippen LogP contribution in [-0.4, -0.2) is 61.0 Å². The van der Waals surface area contributed by atoms with Gasteiger partial charge >= 0.3 is 0 Å². The van der Waals surface area contributed by atoms with E-state index in [0.29, 0.717) is 25.2 Å². The fourth-order valence-corrected chi connectivity index (χ4v) is 4.29. The van der Waals surface area contributed by atoms with E-state index in [1.165, 1.54) is 17.0 Å². The van der Waals surface area contributed by atoms with Gasteiger partial charge in [-0.2, -0.15) is 0 Å². The highest BCUT2D eigenvalue weighted by molar-refractivity contribution is 5.94. The molecule has 2 saturated heterocycles. The smallest absolute Gasteiger partial charge is 0.256 e. The van der Waals surface area contributed by atoms with Crippen molar-refractivity contribution in [3.05, 3.63) is 65.2 Å². The summed E-state index contributed by atoms with van der Waals surface area (Å²) in [5.74, 6) is -4.46. The van der Waals surface area contributed by atoms with Crippen molar-refractivity contribution in [1.82, 2.24) is 9.80 Å². The Labute approximate surface area is 172 Å². The highest BCUT2D eigenvalue weighted by Crippen LogP contribution is 2.23. The number of amides is 1. The quantitative estimate of drug-likeness (QED) is 0.559. The third-order valence-electron chi connectivity index (χ3n) is 5.95. The van der Waals surface area contributed by atoms with Gasteiger partial charge < -0.3 is 9.80 Å². The Bertz CT molecular complexity index is 913. The molecule has 8 heteroatoms. The molecule has 2 aliphatic rings. The van der Waals surface area contributed by atoms with E-state index in [1.807, 2.05) is 0 Å². The van der Waals surface area contributed by atoms with Crippen LogP contribution in [0.15, 0.2) is 36.4 Å². The summed E-state index contributed by atoms with van der Waals surface area (Å²) < 4.78 is 53.8. The molecule has 160 valence electrons. The van der Waals surface area contributed by atoms with Gasteiger partial charge in [0.05, 0.1) is 5.56 Å². The molecule has 2 aliphatic heterocycles. The van der Waals surface area contributed by atoms with Crippen LogP contribution >= 0.6 is 0 Å². The number of hydrogen-bond donors (Lipinski definition) is 0. The first-order chi connectivity index (χ1) is 14.4. The molecule has 4 nitrogen and oxygen atoms in total. The minimum Gasteiger partial charge on any atom is -0.369 e. The van der Waals surface area contributed by atoms with E-state index in [0.717, 1.165) is 44.7 Å². The number of piperazine rings is 1. The summed E-state index contributed by atoms with van der Waals surface area (Å²) in [6.07, 6.45) is 1.68. The SMILES string of the molecule is O=C(c1cc(F)c(F)cc1F)N1CCC[C@@H](N2CCN(c3ccc(F)cc3)CC2)C1. The summed E-state index contributed by atoms with van der Waals surface area (Å²) in [6.45, 7) is 4.05. The van der Waals surface area contributed by atoms with Crippen molar-refractivity contribution < 1.29 is 22.4 Å². The monoisotopic (exact) mass is 421 g/mol. The maximum Gasteiger partial charge on any atom is 0.256 e. The van der Waals surface area contributed by atoms with Crippen LogP contribution in [0.5, 0.6) is 0 Å². The lowest BCUT2D eigenvalue weighted by molar-refractivity contribution is 0.0558. The number of anilines is 1. The van der Waals surface area contributed by atoms with Crippen LogP contribution in [0.1, 0.15) is 23.2 Å². The molecule has 0 radical (unpaired) electrons. The van der Waals surface area contributed by atoms with Crippen molar-refractivity contribution in [2.45, 2.75) is 18.9 Å². The van der Waals surface area contributed by atoms with E-state index in [9.17, 15) is 22.4 Å². The molecule has 0 aliphatic carbocycles. The molecular weight excluding hydrogens is 398 g/mol. The van der Waals surface area contributed by atoms with E-state index >= 15 is 0 Å². The van der Waals surface area contributed by atoms with Crippen LogP contribution in [-0.2, 0) is 0 Å². The van der Waals surface area contributed by atoms with Crippen molar-refractivity contribution in [2.75, 3.05) is 44.2 Å². The second-order valence-corrected chi connectivity index (χ2v) is 7.79. The molecule has 0 N–H and O–H groups in total. The van der Waals surface area contributed by atoms with Gasteiger partial charge in [-0.15, -0.1) is 0 Å². The molecule has 4 rings (SSSR count). The fourth-order valence-electron chi connectivity index (χ4n) is 4.29. The van der Waals surface area contributed by atoms with Crippen LogP contribution < -0.4 is 4.90 Å². The summed E-state index contributed by atoms with van der Waals surface area (Å²) in [6, 6.07) is 7.61. The van der Waals surface area contributed by atoms with Crippen LogP contribution in [0.25, 0.3) is 0 Å². The van der Waals surface area contributed by atoms with Gasteiger partial charge in [0.1, 0.15) is 11.6 Å². The van der Waals surface area contributed by atoms with Gasteiger partial charge in [-0.3, -0.25) is 9.69 Å². The Balaban J connectivity index is 1.38. The molecule has 2 aromatic rings. The third-order valence-corrected chi connectivity index (χ3v) is 5.95. The van der Waals surface area contributed by atoms with Crippen molar-refractivity contribution >= 4 is 11.6 Å². The first-order valence-corrected chi connectivity index (χ1v) is 10.1. The summed E-state index contributed by atoms with van der Waals surface area (Å²) in [7, 11) is 0. The van der Waals surface area contributed by atoms with E-state index in [2.05, 4.69) is 9.80 Å². The number of piperidine rings is 1. The summed E-state index contributed by atoms with van der Waals surface area (Å²) >= 11 is 0. The zero-order valence-corrected chi connectivity index (χ0v) is 16.5. The number of halogens is 4. The molecule has 0 unspecified atom stereocenters. The minimum atomic E-state index is -1.31. The maximum atomic E-state index is 14.0. The molecule has 2 aromatic carbocycles. The zero-order valence-electron chi connectivity index (χ0n) is 16.5. The number of carbonyl (C=O) groups excluding carboxylic acids is 1. The summed E-state index contributed by atoms with van der Waals surface area (Å²) in [5, 5.41) is 0. The Morgan fingerprint density at radius 1 is 0.833 bits per heavy atom. The van der Waals surface area contributed by atoms with Crippen molar-refractivity contribution in [1.29, 1.82) is 0 Å². The Morgan fingerprint density at radius 3 is 2.20 bits per heavy atom. The maximum absolute atomic E-state index is 14.0. The molecular formula is C22H23F4N3O. The number of nitrogens with zero attached hydrogens (tertiary/aromatic N) is 3.